The van der Waals surface area contributed by atoms with Gasteiger partial charge >= 0.3 is 0 Å². The number of thiophene rings is 1. The van der Waals surface area contributed by atoms with E-state index in [0.717, 1.165) is 25.9 Å². The van der Waals surface area contributed by atoms with Crippen LogP contribution in [-0.4, -0.2) is 36.5 Å². The van der Waals surface area contributed by atoms with Crippen LogP contribution in [0.15, 0.2) is 6.07 Å². The molecular weight excluding hydrogens is 397 g/mol. The fraction of sp³-hybridized carbons (Fsp3) is 0.667. The molecule has 0 radical (unpaired) electrons. The molecule has 2 aliphatic rings. The lowest BCUT2D eigenvalue weighted by Gasteiger charge is -2.35. The van der Waals surface area contributed by atoms with Crippen molar-refractivity contribution >= 4 is 39.8 Å². The van der Waals surface area contributed by atoms with Crippen molar-refractivity contribution in [2.75, 3.05) is 19.6 Å². The lowest BCUT2D eigenvalue weighted by molar-refractivity contribution is -0.119. The molecule has 3 N–H and O–H groups in total. The Morgan fingerprint density at radius 3 is 2.90 bits per heavy atom. The summed E-state index contributed by atoms with van der Waals surface area (Å²) >= 11 is 4.39. The summed E-state index contributed by atoms with van der Waals surface area (Å²) in [4.78, 5) is 14.7. The van der Waals surface area contributed by atoms with Gasteiger partial charge < -0.3 is 11.1 Å². The first-order valence-electron chi connectivity index (χ1n) is 7.66. The van der Waals surface area contributed by atoms with E-state index in [2.05, 4.69) is 38.9 Å². The topological polar surface area (TPSA) is 58.4 Å². The van der Waals surface area contributed by atoms with Gasteiger partial charge in [0.2, 0.25) is 5.91 Å². The van der Waals surface area contributed by atoms with Crippen molar-refractivity contribution in [3.05, 3.63) is 19.4 Å². The Labute approximate surface area is 143 Å². The lowest BCUT2D eigenvalue weighted by atomic mass is 9.92. The van der Waals surface area contributed by atoms with Crippen LogP contribution in [0.4, 0.5) is 0 Å². The number of halogens is 1. The second-order valence-corrected chi connectivity index (χ2v) is 9.09. The molecule has 0 bridgehead atoms. The molecule has 21 heavy (non-hydrogen) atoms. The standard InChI is InChI=1S/C15H22IN3OS/c16-14-8-11-12(2-1-3-13(11)21-14)18-10-4-6-19(7-5-10)9-15(17)20/h8,10,12,18H,1-7,9H2,(H2,17,20). The van der Waals surface area contributed by atoms with Gasteiger partial charge in [-0.05, 0) is 66.3 Å². The number of primary amides is 1. The van der Waals surface area contributed by atoms with Crippen LogP contribution in [-0.2, 0) is 11.2 Å². The van der Waals surface area contributed by atoms with E-state index in [1.807, 2.05) is 11.3 Å². The zero-order valence-corrected chi connectivity index (χ0v) is 15.1. The molecule has 1 atom stereocenters. The molecule has 116 valence electrons. The number of likely N-dealkylation sites (tertiary alicyclic amines) is 1. The van der Waals surface area contributed by atoms with Crippen LogP contribution in [0, 0.1) is 2.88 Å². The van der Waals surface area contributed by atoms with Gasteiger partial charge in [-0.1, -0.05) is 0 Å². The number of amides is 1. The van der Waals surface area contributed by atoms with Gasteiger partial charge in [-0.25, -0.2) is 0 Å². The molecule has 0 aromatic carbocycles. The van der Waals surface area contributed by atoms with E-state index in [-0.39, 0.29) is 5.91 Å². The maximum Gasteiger partial charge on any atom is 0.231 e. The molecule has 2 heterocycles. The highest BCUT2D eigenvalue weighted by Crippen LogP contribution is 2.36. The number of carbonyl (C=O) groups excluding carboxylic acids is 1. The molecule has 3 rings (SSSR count). The number of nitrogens with zero attached hydrogens (tertiary/aromatic N) is 1. The first-order chi connectivity index (χ1) is 10.1. The Morgan fingerprint density at radius 1 is 1.43 bits per heavy atom. The Bertz CT molecular complexity index is 511. The van der Waals surface area contributed by atoms with E-state index in [0.29, 0.717) is 18.6 Å². The summed E-state index contributed by atoms with van der Waals surface area (Å²) in [5.41, 5.74) is 6.80. The number of hydrogen-bond donors (Lipinski definition) is 2. The fourth-order valence-electron chi connectivity index (χ4n) is 3.46. The molecule has 1 aliphatic heterocycles. The van der Waals surface area contributed by atoms with E-state index in [9.17, 15) is 4.79 Å². The van der Waals surface area contributed by atoms with Crippen LogP contribution < -0.4 is 11.1 Å². The molecule has 4 nitrogen and oxygen atoms in total. The number of fused-ring (bicyclic) bond motifs is 1. The van der Waals surface area contributed by atoms with Crippen LogP contribution in [0.5, 0.6) is 0 Å². The molecule has 1 aromatic heterocycles. The van der Waals surface area contributed by atoms with Crippen molar-refractivity contribution in [1.29, 1.82) is 0 Å². The van der Waals surface area contributed by atoms with Gasteiger partial charge in [-0.2, -0.15) is 0 Å². The quantitative estimate of drug-likeness (QED) is 0.737. The molecule has 1 fully saturated rings. The molecule has 1 aromatic rings. The number of hydrogen-bond acceptors (Lipinski definition) is 4. The fourth-order valence-corrected chi connectivity index (χ4v) is 5.58. The predicted octanol–water partition coefficient (Wildman–Crippen LogP) is 2.27. The van der Waals surface area contributed by atoms with Crippen LogP contribution in [0.1, 0.15) is 42.2 Å². The Hall–Kier alpha value is -0.180. The summed E-state index contributed by atoms with van der Waals surface area (Å²) < 4.78 is 1.41. The van der Waals surface area contributed by atoms with Gasteiger partial charge in [0.15, 0.2) is 0 Å². The maximum absolute atomic E-state index is 11.0. The zero-order valence-electron chi connectivity index (χ0n) is 12.1. The third-order valence-corrected chi connectivity index (χ3v) is 6.46. The highest BCUT2D eigenvalue weighted by molar-refractivity contribution is 14.1. The Morgan fingerprint density at radius 2 is 2.19 bits per heavy atom. The minimum atomic E-state index is -0.217. The number of aryl methyl sites for hydroxylation is 1. The van der Waals surface area contributed by atoms with Gasteiger partial charge in [-0.3, -0.25) is 9.69 Å². The highest BCUT2D eigenvalue weighted by Gasteiger charge is 2.27. The number of nitrogens with two attached hydrogens (primary N) is 1. The molecule has 0 saturated carbocycles. The average molecular weight is 419 g/mol. The smallest absolute Gasteiger partial charge is 0.231 e. The molecule has 1 unspecified atom stereocenters. The van der Waals surface area contributed by atoms with E-state index in [1.54, 1.807) is 4.88 Å². The van der Waals surface area contributed by atoms with Crippen molar-refractivity contribution in [2.24, 2.45) is 5.73 Å². The summed E-state index contributed by atoms with van der Waals surface area (Å²) in [5, 5.41) is 3.86. The summed E-state index contributed by atoms with van der Waals surface area (Å²) in [6.45, 7) is 2.35. The lowest BCUT2D eigenvalue weighted by Crippen LogP contribution is -2.46. The number of piperidine rings is 1. The first kappa shape index (κ1) is 15.7. The molecular formula is C15H22IN3OS. The number of carbonyl (C=O) groups is 1. The van der Waals surface area contributed by atoms with Crippen molar-refractivity contribution in [3.63, 3.8) is 0 Å². The van der Waals surface area contributed by atoms with E-state index >= 15 is 0 Å². The van der Waals surface area contributed by atoms with Gasteiger partial charge in [0.1, 0.15) is 0 Å². The SMILES string of the molecule is NC(=O)CN1CCC(NC2CCCc3sc(I)cc32)CC1. The monoisotopic (exact) mass is 419 g/mol. The van der Waals surface area contributed by atoms with Crippen molar-refractivity contribution in [2.45, 2.75) is 44.2 Å². The second-order valence-electron chi connectivity index (χ2n) is 6.06. The maximum atomic E-state index is 11.0. The number of nitrogens with one attached hydrogen (secondary N) is 1. The van der Waals surface area contributed by atoms with Gasteiger partial charge in [0.05, 0.1) is 9.43 Å². The van der Waals surface area contributed by atoms with Crippen LogP contribution in [0.2, 0.25) is 0 Å². The Balaban J connectivity index is 1.55. The van der Waals surface area contributed by atoms with Crippen LogP contribution in [0.25, 0.3) is 0 Å². The second kappa shape index (κ2) is 6.93. The molecule has 1 aliphatic carbocycles. The minimum Gasteiger partial charge on any atom is -0.369 e. The summed E-state index contributed by atoms with van der Waals surface area (Å²) in [6, 6.07) is 3.46. The third kappa shape index (κ3) is 3.97. The normalized spacial score (nSPS) is 24.0. The summed E-state index contributed by atoms with van der Waals surface area (Å²) in [6.07, 6.45) is 6.02. The van der Waals surface area contributed by atoms with Crippen molar-refractivity contribution in [3.8, 4) is 0 Å². The van der Waals surface area contributed by atoms with Gasteiger partial charge in [0, 0.05) is 30.1 Å². The highest BCUT2D eigenvalue weighted by atomic mass is 127. The molecule has 6 heteroatoms. The van der Waals surface area contributed by atoms with Gasteiger partial charge in [0.25, 0.3) is 0 Å². The zero-order chi connectivity index (χ0) is 14.8. The molecule has 1 amide bonds. The Kier molecular flexibility index (Phi) is 5.19. The minimum absolute atomic E-state index is 0.217. The van der Waals surface area contributed by atoms with E-state index < -0.39 is 0 Å². The number of rotatable bonds is 4. The van der Waals surface area contributed by atoms with E-state index in [4.69, 9.17) is 5.73 Å². The third-order valence-electron chi connectivity index (χ3n) is 4.49. The summed E-state index contributed by atoms with van der Waals surface area (Å²) in [5.74, 6) is -0.217. The summed E-state index contributed by atoms with van der Waals surface area (Å²) in [7, 11) is 0. The van der Waals surface area contributed by atoms with Gasteiger partial charge in [-0.15, -0.1) is 11.3 Å². The molecule has 1 saturated heterocycles. The van der Waals surface area contributed by atoms with Crippen LogP contribution in [0.3, 0.4) is 0 Å². The van der Waals surface area contributed by atoms with Crippen molar-refractivity contribution < 1.29 is 4.79 Å². The average Bonchev–Trinajstić information content (AvgIpc) is 2.82. The first-order valence-corrected chi connectivity index (χ1v) is 9.56. The largest absolute Gasteiger partial charge is 0.369 e. The van der Waals surface area contributed by atoms with Crippen LogP contribution >= 0.6 is 33.9 Å². The van der Waals surface area contributed by atoms with E-state index in [1.165, 1.54) is 27.7 Å². The predicted molar refractivity (Wildman–Crippen MR) is 94.5 cm³/mol. The molecule has 0 spiro atoms. The van der Waals surface area contributed by atoms with Crippen molar-refractivity contribution in [1.82, 2.24) is 10.2 Å².